The molecule has 0 aromatic heterocycles. The fraction of sp³-hybridized carbons (Fsp3) is 0. The monoisotopic (exact) mass is 339 g/mol. The highest BCUT2D eigenvalue weighted by Crippen LogP contribution is 2.39. The summed E-state index contributed by atoms with van der Waals surface area (Å²) in [6.07, 6.45) is 0. The van der Waals surface area contributed by atoms with Gasteiger partial charge in [-0.15, -0.1) is 0 Å². The van der Waals surface area contributed by atoms with Gasteiger partial charge in [0.05, 0.1) is 15.4 Å². The molecule has 114 valence electrons. The minimum Gasteiger partial charge on any atom is -0.478 e. The number of hydrogen-bond donors (Lipinski definition) is 2. The maximum absolute atomic E-state index is 11.4. The molecule has 0 aliphatic rings. The summed E-state index contributed by atoms with van der Waals surface area (Å²) >= 11 is -1.63. The van der Waals surface area contributed by atoms with Crippen molar-refractivity contribution in [2.45, 2.75) is 14.7 Å². The van der Waals surface area contributed by atoms with E-state index in [2.05, 4.69) is 0 Å². The molecular weight excluding hydrogens is 330 g/mol. The van der Waals surface area contributed by atoms with Crippen LogP contribution in [0.3, 0.4) is 0 Å². The summed E-state index contributed by atoms with van der Waals surface area (Å²) in [6.45, 7) is 0. The molecule has 0 fully saturated rings. The Morgan fingerprint density at radius 2 is 1.86 bits per heavy atom. The number of carbonyl (C=O) groups is 1. The normalized spacial score (nSPS) is 11.9. The predicted molar refractivity (Wildman–Crippen MR) is 79.7 cm³/mol. The number of carboxylic acids is 1. The Morgan fingerprint density at radius 3 is 2.36 bits per heavy atom. The summed E-state index contributed by atoms with van der Waals surface area (Å²) in [4.78, 5) is 21.7. The van der Waals surface area contributed by atoms with Crippen molar-refractivity contribution in [1.29, 1.82) is 0 Å². The molecule has 0 heterocycles. The number of nitrogens with zero attached hydrogens (tertiary/aromatic N) is 1. The van der Waals surface area contributed by atoms with Crippen LogP contribution in [-0.4, -0.2) is 24.8 Å². The van der Waals surface area contributed by atoms with Gasteiger partial charge < -0.3 is 9.66 Å². The highest BCUT2D eigenvalue weighted by molar-refractivity contribution is 8.00. The Kier molecular flexibility index (Phi) is 4.91. The second-order valence-electron chi connectivity index (χ2n) is 4.05. The Hall–Kier alpha value is -2.23. The topological polar surface area (TPSA) is 118 Å². The van der Waals surface area contributed by atoms with Crippen LogP contribution < -0.4 is 0 Å². The van der Waals surface area contributed by atoms with Gasteiger partial charge in [-0.05, 0) is 18.2 Å². The molecule has 0 aliphatic carbocycles. The number of nitro benzene ring substituents is 1. The number of benzene rings is 2. The van der Waals surface area contributed by atoms with Gasteiger partial charge in [-0.1, -0.05) is 30.0 Å². The van der Waals surface area contributed by atoms with Gasteiger partial charge in [0.25, 0.3) is 5.69 Å². The van der Waals surface area contributed by atoms with Crippen LogP contribution >= 0.6 is 11.8 Å². The zero-order valence-corrected chi connectivity index (χ0v) is 12.5. The Labute approximate surface area is 131 Å². The molecule has 0 aliphatic heterocycles. The molecule has 0 amide bonds. The van der Waals surface area contributed by atoms with E-state index in [4.69, 9.17) is 5.11 Å². The van der Waals surface area contributed by atoms with Crippen LogP contribution in [0.5, 0.6) is 0 Å². The lowest BCUT2D eigenvalue weighted by atomic mass is 10.2. The van der Waals surface area contributed by atoms with Gasteiger partial charge in [0, 0.05) is 11.0 Å². The SMILES string of the molecule is O=C(O)c1cc([N+](=O)[O-])c(Sc2ccccc2)c(S(=O)O)c1. The van der Waals surface area contributed by atoms with Crippen LogP contribution in [-0.2, 0) is 11.1 Å². The molecule has 0 saturated heterocycles. The maximum atomic E-state index is 11.4. The summed E-state index contributed by atoms with van der Waals surface area (Å²) in [5.74, 6) is -1.41. The van der Waals surface area contributed by atoms with E-state index in [-0.39, 0.29) is 9.79 Å². The van der Waals surface area contributed by atoms with Crippen molar-refractivity contribution in [2.24, 2.45) is 0 Å². The second kappa shape index (κ2) is 6.69. The molecule has 9 heteroatoms. The predicted octanol–water partition coefficient (Wildman–Crippen LogP) is 3.02. The molecule has 0 spiro atoms. The Balaban J connectivity index is 2.66. The van der Waals surface area contributed by atoms with E-state index < -0.39 is 33.2 Å². The first kappa shape index (κ1) is 16.1. The maximum Gasteiger partial charge on any atom is 0.335 e. The Morgan fingerprint density at radius 1 is 1.23 bits per heavy atom. The number of hydrogen-bond acceptors (Lipinski definition) is 5. The summed E-state index contributed by atoms with van der Waals surface area (Å²) < 4.78 is 20.8. The van der Waals surface area contributed by atoms with Gasteiger partial charge >= 0.3 is 5.97 Å². The average molecular weight is 339 g/mol. The van der Waals surface area contributed by atoms with E-state index in [0.29, 0.717) is 4.90 Å². The van der Waals surface area contributed by atoms with Crippen molar-refractivity contribution in [1.82, 2.24) is 0 Å². The smallest absolute Gasteiger partial charge is 0.335 e. The minimum atomic E-state index is -2.56. The minimum absolute atomic E-state index is 0.0537. The van der Waals surface area contributed by atoms with Crippen molar-refractivity contribution in [3.8, 4) is 0 Å². The zero-order chi connectivity index (χ0) is 16.3. The fourth-order valence-corrected chi connectivity index (χ4v) is 3.44. The summed E-state index contributed by atoms with van der Waals surface area (Å²) in [5.41, 5.74) is -0.937. The first-order valence-corrected chi connectivity index (χ1v) is 7.72. The number of rotatable bonds is 5. The number of carboxylic acid groups (broad SMARTS) is 1. The zero-order valence-electron chi connectivity index (χ0n) is 10.8. The molecule has 2 N–H and O–H groups in total. The highest BCUT2D eigenvalue weighted by atomic mass is 32.2. The summed E-state index contributed by atoms with van der Waals surface area (Å²) in [6, 6.07) is 10.4. The van der Waals surface area contributed by atoms with E-state index in [1.54, 1.807) is 30.3 Å². The van der Waals surface area contributed by atoms with Crippen molar-refractivity contribution in [3.05, 3.63) is 58.1 Å². The average Bonchev–Trinajstić information content (AvgIpc) is 2.47. The standard InChI is InChI=1S/C13H9NO6S2/c15-13(16)8-6-10(14(17)18)12(11(7-8)22(19)20)21-9-4-2-1-3-5-9/h1-7H,(H,15,16)(H,19,20). The molecular formula is C13H9NO6S2. The largest absolute Gasteiger partial charge is 0.478 e. The molecule has 0 bridgehead atoms. The lowest BCUT2D eigenvalue weighted by Gasteiger charge is -2.08. The van der Waals surface area contributed by atoms with Crippen LogP contribution in [0.1, 0.15) is 10.4 Å². The van der Waals surface area contributed by atoms with E-state index in [1.165, 1.54) is 0 Å². The quantitative estimate of drug-likeness (QED) is 0.488. The lowest BCUT2D eigenvalue weighted by molar-refractivity contribution is -0.388. The van der Waals surface area contributed by atoms with Crippen LogP contribution in [0.15, 0.2) is 57.2 Å². The molecule has 1 unspecified atom stereocenters. The molecule has 7 nitrogen and oxygen atoms in total. The van der Waals surface area contributed by atoms with E-state index >= 15 is 0 Å². The van der Waals surface area contributed by atoms with Gasteiger partial charge in [0.2, 0.25) is 0 Å². The molecule has 2 aromatic rings. The highest BCUT2D eigenvalue weighted by Gasteiger charge is 2.25. The van der Waals surface area contributed by atoms with Gasteiger partial charge in [-0.2, -0.15) is 0 Å². The van der Waals surface area contributed by atoms with Crippen molar-refractivity contribution in [3.63, 3.8) is 0 Å². The first-order chi connectivity index (χ1) is 10.4. The molecule has 0 saturated carbocycles. The third-order valence-electron chi connectivity index (χ3n) is 2.63. The second-order valence-corrected chi connectivity index (χ2v) is 6.07. The summed E-state index contributed by atoms with van der Waals surface area (Å²) in [7, 11) is 0. The van der Waals surface area contributed by atoms with E-state index in [1.807, 2.05) is 0 Å². The van der Waals surface area contributed by atoms with E-state index in [9.17, 15) is 23.7 Å². The van der Waals surface area contributed by atoms with Gasteiger partial charge in [0.1, 0.15) is 4.90 Å². The lowest BCUT2D eigenvalue weighted by Crippen LogP contribution is -2.04. The van der Waals surface area contributed by atoms with Crippen LogP contribution in [0.4, 0.5) is 5.69 Å². The van der Waals surface area contributed by atoms with Gasteiger partial charge in [0.15, 0.2) is 11.1 Å². The van der Waals surface area contributed by atoms with Crippen LogP contribution in [0, 0.1) is 10.1 Å². The number of aromatic carboxylic acids is 1. The van der Waals surface area contributed by atoms with Crippen LogP contribution in [0.2, 0.25) is 0 Å². The fourth-order valence-electron chi connectivity index (χ4n) is 1.69. The molecule has 1 atom stereocenters. The van der Waals surface area contributed by atoms with Crippen molar-refractivity contribution >= 4 is 34.5 Å². The molecule has 2 rings (SSSR count). The molecule has 0 radical (unpaired) electrons. The van der Waals surface area contributed by atoms with Crippen LogP contribution in [0.25, 0.3) is 0 Å². The molecule has 2 aromatic carbocycles. The first-order valence-electron chi connectivity index (χ1n) is 5.79. The van der Waals surface area contributed by atoms with Crippen molar-refractivity contribution < 1.29 is 23.6 Å². The summed E-state index contributed by atoms with van der Waals surface area (Å²) in [5, 5.41) is 20.1. The van der Waals surface area contributed by atoms with E-state index in [0.717, 1.165) is 23.9 Å². The third kappa shape index (κ3) is 3.50. The Bertz CT molecular complexity index is 727. The third-order valence-corrected chi connectivity index (χ3v) is 4.60. The van der Waals surface area contributed by atoms with Crippen molar-refractivity contribution in [2.75, 3.05) is 0 Å². The molecule has 22 heavy (non-hydrogen) atoms. The number of nitro groups is 1. The van der Waals surface area contributed by atoms with Gasteiger partial charge in [-0.25, -0.2) is 9.00 Å². The van der Waals surface area contributed by atoms with Gasteiger partial charge in [-0.3, -0.25) is 10.1 Å².